The SMILES string of the molecule is C=CC(=O)OCCCCCCOc1ccc(C(=O)Oc2c(/C=N/N(C(=O)C=C)c3nc(-c4ccc5ccccc5c4)cs3)cc(COc3ccc(C=C)cc3)cc2/C=N/N(C(=O)C=C)c2nc(-c3ccc4ccccc4c3)cs2)cc1. The summed E-state index contributed by atoms with van der Waals surface area (Å²) in [7, 11) is 0. The summed E-state index contributed by atoms with van der Waals surface area (Å²) in [6.45, 7) is 15.5. The van der Waals surface area contributed by atoms with Crippen molar-refractivity contribution in [3.8, 4) is 39.8 Å². The molecule has 0 saturated carbocycles. The molecule has 404 valence electrons. The number of hydrazone groups is 2. The summed E-state index contributed by atoms with van der Waals surface area (Å²) in [6, 6.07) is 45.4. The number of benzene rings is 7. The number of nitrogens with zero attached hydrogens (tertiary/aromatic N) is 6. The molecule has 0 aliphatic carbocycles. The van der Waals surface area contributed by atoms with Crippen LogP contribution in [-0.4, -0.2) is 59.4 Å². The summed E-state index contributed by atoms with van der Waals surface area (Å²) in [5.74, 6) is -1.24. The van der Waals surface area contributed by atoms with Gasteiger partial charge in [0.25, 0.3) is 11.8 Å². The third-order valence-electron chi connectivity index (χ3n) is 12.6. The first-order valence-corrected chi connectivity index (χ1v) is 27.5. The molecule has 0 saturated heterocycles. The van der Waals surface area contributed by atoms with E-state index in [0.29, 0.717) is 41.7 Å². The van der Waals surface area contributed by atoms with Crippen molar-refractivity contribution in [2.45, 2.75) is 32.3 Å². The quantitative estimate of drug-likeness (QED) is 0.0134. The van der Waals surface area contributed by atoms with E-state index in [9.17, 15) is 19.2 Å². The maximum atomic E-state index is 14.4. The van der Waals surface area contributed by atoms with Crippen LogP contribution in [0.1, 0.15) is 58.3 Å². The Morgan fingerprint density at radius 3 is 1.57 bits per heavy atom. The van der Waals surface area contributed by atoms with E-state index in [2.05, 4.69) is 36.5 Å². The molecule has 14 nitrogen and oxygen atoms in total. The average Bonchev–Trinajstić information content (AvgIpc) is 4.34. The highest BCUT2D eigenvalue weighted by atomic mass is 32.1. The van der Waals surface area contributed by atoms with Crippen LogP contribution in [0.25, 0.3) is 50.1 Å². The molecular formula is C65H54N6O8S2. The van der Waals surface area contributed by atoms with Gasteiger partial charge >= 0.3 is 11.9 Å². The summed E-state index contributed by atoms with van der Waals surface area (Å²) in [5.41, 5.74) is 5.10. The van der Waals surface area contributed by atoms with Gasteiger partial charge in [0.2, 0.25) is 10.3 Å². The molecular weight excluding hydrogens is 1060 g/mol. The van der Waals surface area contributed by atoms with Crippen molar-refractivity contribution in [2.24, 2.45) is 10.2 Å². The minimum absolute atomic E-state index is 0.0176. The van der Waals surface area contributed by atoms with E-state index in [-0.39, 0.29) is 39.3 Å². The van der Waals surface area contributed by atoms with Crippen molar-refractivity contribution in [1.82, 2.24) is 9.97 Å². The molecule has 0 atom stereocenters. The van der Waals surface area contributed by atoms with Crippen molar-refractivity contribution >= 4 is 96.7 Å². The standard InChI is InChI=1S/C65H54N6O8S2/c1-5-44-21-29-56(30-22-44)78-41-45-35-53(39-66-70(59(72)6-2)64-68-57(42-80-64)51-25-23-46-17-11-13-19-49(46)37-51)62(79-63(75)48-27-31-55(32-28-48)76-33-15-9-10-16-34-77-61(74)8-4)54(36-45)40-67-71(60(73)7-3)65-69-58(43-81-65)52-26-24-47-18-12-14-20-50(47)38-52/h5-8,11-14,17-32,35-40,42-43H,1-4,9-10,15-16,33-34,41H2/b66-39+,67-40+. The highest BCUT2D eigenvalue weighted by molar-refractivity contribution is 7.14. The zero-order valence-corrected chi connectivity index (χ0v) is 45.7. The first kappa shape index (κ1) is 55.8. The number of anilines is 2. The largest absolute Gasteiger partial charge is 0.494 e. The molecule has 7 aromatic carbocycles. The Bertz CT molecular complexity index is 3670. The van der Waals surface area contributed by atoms with Gasteiger partial charge in [-0.1, -0.05) is 117 Å². The topological polar surface area (TPSA) is 162 Å². The van der Waals surface area contributed by atoms with Crippen molar-refractivity contribution in [2.75, 3.05) is 23.2 Å². The number of esters is 2. The normalized spacial score (nSPS) is 11.1. The molecule has 0 aliphatic rings. The van der Waals surface area contributed by atoms with Gasteiger partial charge in [-0.25, -0.2) is 19.6 Å². The highest BCUT2D eigenvalue weighted by Crippen LogP contribution is 2.34. The van der Waals surface area contributed by atoms with Gasteiger partial charge in [0.05, 0.1) is 42.6 Å². The molecule has 0 fully saturated rings. The molecule has 9 rings (SSSR count). The van der Waals surface area contributed by atoms with Crippen LogP contribution in [0.3, 0.4) is 0 Å². The van der Waals surface area contributed by atoms with Crippen LogP contribution >= 0.6 is 22.7 Å². The lowest BCUT2D eigenvalue weighted by Crippen LogP contribution is -2.24. The number of fused-ring (bicyclic) bond motifs is 2. The smallest absolute Gasteiger partial charge is 0.343 e. The van der Waals surface area contributed by atoms with Crippen molar-refractivity contribution in [1.29, 1.82) is 0 Å². The van der Waals surface area contributed by atoms with Crippen LogP contribution in [0.15, 0.2) is 211 Å². The van der Waals surface area contributed by atoms with Gasteiger partial charge in [0, 0.05) is 39.1 Å². The summed E-state index contributed by atoms with van der Waals surface area (Å²) >= 11 is 2.42. The number of rotatable bonds is 25. The fourth-order valence-corrected chi connectivity index (χ4v) is 9.90. The number of ether oxygens (including phenoxy) is 4. The fraction of sp³-hybridized carbons (Fsp3) is 0.108. The molecule has 0 bridgehead atoms. The van der Waals surface area contributed by atoms with Gasteiger partial charge in [0.1, 0.15) is 23.9 Å². The van der Waals surface area contributed by atoms with Crippen molar-refractivity contribution < 1.29 is 38.1 Å². The number of aromatic nitrogens is 2. The number of amides is 2. The van der Waals surface area contributed by atoms with Crippen LogP contribution < -0.4 is 24.2 Å². The number of unbranched alkanes of at least 4 members (excludes halogenated alkanes) is 3. The number of carbonyl (C=O) groups excluding carboxylic acids is 4. The second-order valence-corrected chi connectivity index (χ2v) is 19.7. The summed E-state index contributed by atoms with van der Waals surface area (Å²) < 4.78 is 23.6. The zero-order valence-electron chi connectivity index (χ0n) is 44.0. The average molecular weight is 1110 g/mol. The van der Waals surface area contributed by atoms with E-state index in [1.165, 1.54) is 35.1 Å². The van der Waals surface area contributed by atoms with Gasteiger partial charge in [-0.05, 0) is 131 Å². The molecule has 0 unspecified atom stereocenters. The molecule has 0 aliphatic heterocycles. The Kier molecular flexibility index (Phi) is 18.7. The third-order valence-corrected chi connectivity index (χ3v) is 14.2. The Morgan fingerprint density at radius 1 is 0.543 bits per heavy atom. The van der Waals surface area contributed by atoms with Crippen LogP contribution in [0.4, 0.5) is 10.3 Å². The number of thiazole rings is 2. The van der Waals surface area contributed by atoms with Crippen molar-refractivity contribution in [3.05, 3.63) is 229 Å². The predicted octanol–water partition coefficient (Wildman–Crippen LogP) is 14.5. The second-order valence-electron chi connectivity index (χ2n) is 18.1. The third kappa shape index (κ3) is 14.4. The summed E-state index contributed by atoms with van der Waals surface area (Å²) in [4.78, 5) is 62.9. The molecule has 0 spiro atoms. The van der Waals surface area contributed by atoms with Crippen LogP contribution in [0, 0.1) is 0 Å². The Labute approximate surface area is 476 Å². The molecule has 2 aromatic heterocycles. The Morgan fingerprint density at radius 2 is 1.05 bits per heavy atom. The molecule has 16 heteroatoms. The highest BCUT2D eigenvalue weighted by Gasteiger charge is 2.22. The number of hydrogen-bond donors (Lipinski definition) is 0. The first-order valence-electron chi connectivity index (χ1n) is 25.8. The zero-order chi connectivity index (χ0) is 56.5. The van der Waals surface area contributed by atoms with Crippen LogP contribution in [-0.2, 0) is 25.7 Å². The van der Waals surface area contributed by atoms with Gasteiger partial charge in [-0.3, -0.25) is 9.59 Å². The first-order chi connectivity index (χ1) is 39.6. The fourth-order valence-electron chi connectivity index (χ4n) is 8.32. The Hall–Kier alpha value is -9.90. The Balaban J connectivity index is 1.07. The van der Waals surface area contributed by atoms with Gasteiger partial charge in [0.15, 0.2) is 0 Å². The second kappa shape index (κ2) is 27.1. The van der Waals surface area contributed by atoms with Crippen LogP contribution in [0.2, 0.25) is 0 Å². The predicted molar refractivity (Wildman–Crippen MR) is 324 cm³/mol. The minimum atomic E-state index is -0.743. The summed E-state index contributed by atoms with van der Waals surface area (Å²) in [6.07, 6.45) is 11.1. The molecule has 0 N–H and O–H groups in total. The maximum Gasteiger partial charge on any atom is 0.343 e. The maximum absolute atomic E-state index is 14.4. The van der Waals surface area contributed by atoms with E-state index in [1.807, 2.05) is 120 Å². The van der Waals surface area contributed by atoms with Gasteiger partial charge in [-0.15, -0.1) is 22.7 Å². The molecule has 2 amide bonds. The van der Waals surface area contributed by atoms with Crippen molar-refractivity contribution in [3.63, 3.8) is 0 Å². The molecule has 81 heavy (non-hydrogen) atoms. The number of carbonyl (C=O) groups is 4. The van der Waals surface area contributed by atoms with E-state index in [0.717, 1.165) is 92.2 Å². The van der Waals surface area contributed by atoms with E-state index in [1.54, 1.807) is 42.5 Å². The minimum Gasteiger partial charge on any atom is -0.494 e. The lowest BCUT2D eigenvalue weighted by molar-refractivity contribution is -0.137. The van der Waals surface area contributed by atoms with Gasteiger partial charge < -0.3 is 18.9 Å². The lowest BCUT2D eigenvalue weighted by atomic mass is 10.0. The lowest BCUT2D eigenvalue weighted by Gasteiger charge is -2.16. The van der Waals surface area contributed by atoms with E-state index < -0.39 is 23.8 Å². The van der Waals surface area contributed by atoms with E-state index in [4.69, 9.17) is 28.9 Å². The summed E-state index contributed by atoms with van der Waals surface area (Å²) in [5, 5.41) is 20.0. The van der Waals surface area contributed by atoms with Crippen LogP contribution in [0.5, 0.6) is 17.2 Å². The molecule has 2 heterocycles. The number of hydrogen-bond acceptors (Lipinski definition) is 14. The molecule has 0 radical (unpaired) electrons. The monoisotopic (exact) mass is 1110 g/mol. The molecule has 9 aromatic rings. The van der Waals surface area contributed by atoms with Gasteiger partial charge in [-0.2, -0.15) is 20.2 Å². The van der Waals surface area contributed by atoms with E-state index >= 15 is 0 Å².